The van der Waals surface area contributed by atoms with Crippen molar-refractivity contribution in [3.8, 4) is 0 Å². The van der Waals surface area contributed by atoms with Crippen molar-refractivity contribution in [2.45, 2.75) is 91.1 Å². The van der Waals surface area contributed by atoms with Gasteiger partial charge in [0.2, 0.25) is 0 Å². The maximum atomic E-state index is 12.4. The molecule has 0 aromatic heterocycles. The Hall–Kier alpha value is -1.65. The van der Waals surface area contributed by atoms with Crippen LogP contribution in [0.4, 0.5) is 0 Å². The Balaban J connectivity index is 1.49. The number of allylic oxidation sites excluding steroid dienone is 1. The summed E-state index contributed by atoms with van der Waals surface area (Å²) in [5.41, 5.74) is 1.55. The number of hydrogen-bond donors (Lipinski definition) is 1. The third-order valence-electron chi connectivity index (χ3n) is 9.27. The first-order chi connectivity index (χ1) is 14.1. The zero-order valence-corrected chi connectivity index (χ0v) is 18.6. The lowest BCUT2D eigenvalue weighted by molar-refractivity contribution is -0.161. The number of carboxylic acid groups (broad SMARTS) is 1. The molecule has 5 heteroatoms. The second-order valence-corrected chi connectivity index (χ2v) is 10.9. The van der Waals surface area contributed by atoms with Crippen LogP contribution in [0.3, 0.4) is 0 Å². The molecule has 0 bridgehead atoms. The summed E-state index contributed by atoms with van der Waals surface area (Å²) >= 11 is 0. The fourth-order valence-electron chi connectivity index (χ4n) is 7.65. The maximum Gasteiger partial charge on any atom is 0.306 e. The largest absolute Gasteiger partial charge is 0.481 e. The maximum absolute atomic E-state index is 12.4. The molecule has 0 radical (unpaired) electrons. The van der Waals surface area contributed by atoms with E-state index in [1.54, 1.807) is 0 Å². The number of esters is 1. The Labute approximate surface area is 179 Å². The normalized spacial score (nSPS) is 42.6. The second-order valence-electron chi connectivity index (χ2n) is 10.9. The minimum atomic E-state index is -0.869. The van der Waals surface area contributed by atoms with Crippen molar-refractivity contribution in [3.63, 3.8) is 0 Å². The Morgan fingerprint density at radius 3 is 2.63 bits per heavy atom. The van der Waals surface area contributed by atoms with E-state index in [4.69, 9.17) is 9.84 Å². The third kappa shape index (κ3) is 3.52. The van der Waals surface area contributed by atoms with Gasteiger partial charge in [-0.1, -0.05) is 26.3 Å². The van der Waals surface area contributed by atoms with Crippen molar-refractivity contribution in [1.82, 2.24) is 0 Å². The number of rotatable bonds is 5. The highest BCUT2D eigenvalue weighted by Crippen LogP contribution is 2.66. The van der Waals surface area contributed by atoms with E-state index in [9.17, 15) is 14.4 Å². The summed E-state index contributed by atoms with van der Waals surface area (Å²) < 4.78 is 5.94. The van der Waals surface area contributed by atoms with Gasteiger partial charge in [0.25, 0.3) is 0 Å². The van der Waals surface area contributed by atoms with Crippen LogP contribution in [0, 0.1) is 34.5 Å². The van der Waals surface area contributed by atoms with Crippen molar-refractivity contribution in [1.29, 1.82) is 0 Å². The first-order valence-electron chi connectivity index (χ1n) is 11.8. The highest BCUT2D eigenvalue weighted by Gasteiger charge is 2.61. The molecule has 3 fully saturated rings. The van der Waals surface area contributed by atoms with E-state index in [0.29, 0.717) is 42.3 Å². The van der Waals surface area contributed by atoms with Crippen LogP contribution in [-0.2, 0) is 19.1 Å². The van der Waals surface area contributed by atoms with Crippen LogP contribution in [0.15, 0.2) is 11.6 Å². The van der Waals surface area contributed by atoms with Crippen molar-refractivity contribution in [3.05, 3.63) is 11.6 Å². The van der Waals surface area contributed by atoms with Crippen LogP contribution in [0.2, 0.25) is 0 Å². The molecule has 0 saturated heterocycles. The molecule has 5 nitrogen and oxygen atoms in total. The number of carboxylic acids is 1. The fraction of sp³-hybridized carbons (Fsp3) is 0.800. The van der Waals surface area contributed by atoms with E-state index >= 15 is 0 Å². The van der Waals surface area contributed by atoms with Gasteiger partial charge in [-0.3, -0.25) is 14.4 Å². The highest BCUT2D eigenvalue weighted by molar-refractivity contribution is 5.91. The lowest BCUT2D eigenvalue weighted by atomic mass is 9.45. The summed E-state index contributed by atoms with van der Waals surface area (Å²) in [6.07, 6.45) is 9.35. The lowest BCUT2D eigenvalue weighted by Gasteiger charge is -2.59. The van der Waals surface area contributed by atoms with Gasteiger partial charge in [0.05, 0.1) is 0 Å². The summed E-state index contributed by atoms with van der Waals surface area (Å²) in [6, 6.07) is 0. The van der Waals surface area contributed by atoms with Crippen molar-refractivity contribution >= 4 is 17.7 Å². The standard InChI is InChI=1S/C25H36O5/c1-15-13-16-14-17(26)9-11-24(16,2)19-10-12-25(3)18(23(15)19)7-8-20(25)30-22(29)6-4-5-21(27)28/h14-15,18-20,23H,4-13H2,1-3H3,(H,27,28)/t15-,18?,19?,20+,23?,24?,25+/m1/s1. The molecule has 0 spiro atoms. The number of fused-ring (bicyclic) bond motifs is 5. The van der Waals surface area contributed by atoms with E-state index in [1.807, 2.05) is 6.08 Å². The Morgan fingerprint density at radius 1 is 1.13 bits per heavy atom. The number of hydrogen-bond acceptors (Lipinski definition) is 4. The molecule has 4 unspecified atom stereocenters. The Morgan fingerprint density at radius 2 is 1.90 bits per heavy atom. The zero-order valence-electron chi connectivity index (χ0n) is 18.6. The Kier molecular flexibility index (Phi) is 5.61. The number of aliphatic carboxylic acids is 1. The quantitative estimate of drug-likeness (QED) is 0.643. The molecule has 0 aromatic carbocycles. The number of ketones is 1. The van der Waals surface area contributed by atoms with Crippen LogP contribution in [0.1, 0.15) is 85.0 Å². The minimum Gasteiger partial charge on any atom is -0.481 e. The van der Waals surface area contributed by atoms with Crippen molar-refractivity contribution < 1.29 is 24.2 Å². The molecule has 4 aliphatic carbocycles. The summed E-state index contributed by atoms with van der Waals surface area (Å²) in [4.78, 5) is 35.1. The van der Waals surface area contributed by atoms with Crippen LogP contribution < -0.4 is 0 Å². The molecule has 0 aromatic rings. The zero-order chi connectivity index (χ0) is 21.7. The lowest BCUT2D eigenvalue weighted by Crippen LogP contribution is -2.54. The van der Waals surface area contributed by atoms with E-state index in [2.05, 4.69) is 20.8 Å². The number of carbonyl (C=O) groups is 3. The van der Waals surface area contributed by atoms with Crippen molar-refractivity contribution in [2.75, 3.05) is 0 Å². The molecule has 166 valence electrons. The monoisotopic (exact) mass is 416 g/mol. The van der Waals surface area contributed by atoms with Gasteiger partial charge in [-0.25, -0.2) is 0 Å². The fourth-order valence-corrected chi connectivity index (χ4v) is 7.65. The molecule has 1 N–H and O–H groups in total. The first-order valence-corrected chi connectivity index (χ1v) is 11.8. The average molecular weight is 417 g/mol. The smallest absolute Gasteiger partial charge is 0.306 e. The molecule has 7 atom stereocenters. The highest BCUT2D eigenvalue weighted by atomic mass is 16.5. The van der Waals surface area contributed by atoms with E-state index in [0.717, 1.165) is 38.5 Å². The van der Waals surface area contributed by atoms with Gasteiger partial charge >= 0.3 is 11.9 Å². The Bertz CT molecular complexity index is 770. The van der Waals surface area contributed by atoms with E-state index in [1.165, 1.54) is 5.57 Å². The summed E-state index contributed by atoms with van der Waals surface area (Å²) in [5.74, 6) is 1.52. The molecule has 3 saturated carbocycles. The molecule has 30 heavy (non-hydrogen) atoms. The van der Waals surface area contributed by atoms with Crippen LogP contribution in [0.5, 0.6) is 0 Å². The molecular formula is C25H36O5. The number of ether oxygens (including phenoxy) is 1. The predicted molar refractivity (Wildman–Crippen MR) is 113 cm³/mol. The van der Waals surface area contributed by atoms with Gasteiger partial charge in [-0.2, -0.15) is 0 Å². The number of carbonyl (C=O) groups excluding carboxylic acids is 2. The van der Waals surface area contributed by atoms with Gasteiger partial charge in [-0.05, 0) is 80.1 Å². The molecule has 0 amide bonds. The van der Waals surface area contributed by atoms with Crippen LogP contribution >= 0.6 is 0 Å². The first kappa shape index (κ1) is 21.6. The van der Waals surface area contributed by atoms with Crippen LogP contribution in [-0.4, -0.2) is 28.9 Å². The second kappa shape index (κ2) is 7.80. The molecule has 0 aliphatic heterocycles. The average Bonchev–Trinajstić information content (AvgIpc) is 2.99. The van der Waals surface area contributed by atoms with Gasteiger partial charge in [0.15, 0.2) is 5.78 Å². The van der Waals surface area contributed by atoms with Gasteiger partial charge < -0.3 is 9.84 Å². The minimum absolute atomic E-state index is 0.0118. The summed E-state index contributed by atoms with van der Waals surface area (Å²) in [5, 5.41) is 8.78. The summed E-state index contributed by atoms with van der Waals surface area (Å²) in [6.45, 7) is 7.07. The van der Waals surface area contributed by atoms with Crippen LogP contribution in [0.25, 0.3) is 0 Å². The molecule has 4 aliphatic rings. The van der Waals surface area contributed by atoms with E-state index in [-0.39, 0.29) is 35.7 Å². The molecule has 0 heterocycles. The molecule has 4 rings (SSSR count). The SMILES string of the molecule is C[C@@H]1CC2=CC(=O)CCC2(C)C2CC[C@@]3(C)C(CC[C@@H]3OC(=O)CCCC(=O)O)C21. The van der Waals surface area contributed by atoms with Crippen molar-refractivity contribution in [2.24, 2.45) is 34.5 Å². The van der Waals surface area contributed by atoms with Gasteiger partial charge in [0.1, 0.15) is 6.10 Å². The topological polar surface area (TPSA) is 80.7 Å². The molecular weight excluding hydrogens is 380 g/mol. The predicted octanol–water partition coefficient (Wildman–Crippen LogP) is 4.93. The third-order valence-corrected chi connectivity index (χ3v) is 9.27. The summed E-state index contributed by atoms with van der Waals surface area (Å²) in [7, 11) is 0. The van der Waals surface area contributed by atoms with Gasteiger partial charge in [-0.15, -0.1) is 0 Å². The van der Waals surface area contributed by atoms with E-state index < -0.39 is 5.97 Å². The van der Waals surface area contributed by atoms with Gasteiger partial charge in [0, 0.05) is 24.7 Å².